The smallest absolute Gasteiger partial charge is 0.144 e. The van der Waals surface area contributed by atoms with Gasteiger partial charge in [0, 0.05) is 17.0 Å². The molecule has 96 valence electrons. The number of aromatic nitrogens is 1. The highest BCUT2D eigenvalue weighted by atomic mass is 35.5. The first-order chi connectivity index (χ1) is 8.32. The molecule has 2 aromatic rings. The first-order valence-electron chi connectivity index (χ1n) is 5.60. The Bertz CT molecular complexity index is 605. The fourth-order valence-electron chi connectivity index (χ4n) is 1.88. The summed E-state index contributed by atoms with van der Waals surface area (Å²) in [7, 11) is 0. The Morgan fingerprint density at radius 3 is 2.50 bits per heavy atom. The standard InChI is InChI=1S/C13H15ClFN3/c1-13(2,3)9-6-8-10(14)4-7(15)5-11(8)17-12(9)18-16/h4-6H,16H2,1-3H3,(H,17,18). The molecule has 3 nitrogen and oxygen atoms in total. The molecule has 0 unspecified atom stereocenters. The van der Waals surface area contributed by atoms with E-state index in [1.165, 1.54) is 12.1 Å². The van der Waals surface area contributed by atoms with Crippen molar-refractivity contribution in [3.05, 3.63) is 34.6 Å². The van der Waals surface area contributed by atoms with Gasteiger partial charge in [-0.15, -0.1) is 0 Å². The number of benzene rings is 1. The number of anilines is 1. The fraction of sp³-hybridized carbons (Fsp3) is 0.308. The molecule has 0 aliphatic heterocycles. The van der Waals surface area contributed by atoms with E-state index in [2.05, 4.69) is 10.4 Å². The number of pyridine rings is 1. The van der Waals surface area contributed by atoms with Crippen LogP contribution in [0.4, 0.5) is 10.2 Å². The van der Waals surface area contributed by atoms with E-state index in [9.17, 15) is 4.39 Å². The van der Waals surface area contributed by atoms with Gasteiger partial charge in [-0.2, -0.15) is 0 Å². The lowest BCUT2D eigenvalue weighted by Crippen LogP contribution is -2.19. The van der Waals surface area contributed by atoms with Gasteiger partial charge in [0.2, 0.25) is 0 Å². The van der Waals surface area contributed by atoms with Crippen LogP contribution in [0, 0.1) is 5.82 Å². The van der Waals surface area contributed by atoms with Crippen molar-refractivity contribution in [2.45, 2.75) is 26.2 Å². The van der Waals surface area contributed by atoms with Gasteiger partial charge in [0.25, 0.3) is 0 Å². The van der Waals surface area contributed by atoms with Crippen LogP contribution in [0.5, 0.6) is 0 Å². The van der Waals surface area contributed by atoms with Crippen molar-refractivity contribution in [3.8, 4) is 0 Å². The van der Waals surface area contributed by atoms with Gasteiger partial charge in [0.05, 0.1) is 10.5 Å². The molecule has 0 saturated carbocycles. The number of nitrogens with one attached hydrogen (secondary N) is 1. The SMILES string of the molecule is CC(C)(C)c1cc2c(Cl)cc(F)cc2nc1NN. The van der Waals surface area contributed by atoms with Gasteiger partial charge in [0.15, 0.2) is 0 Å². The number of hydrogen-bond acceptors (Lipinski definition) is 3. The molecule has 1 aromatic heterocycles. The number of rotatable bonds is 1. The molecule has 2 rings (SSSR count). The number of nitrogens with zero attached hydrogens (tertiary/aromatic N) is 1. The summed E-state index contributed by atoms with van der Waals surface area (Å²) in [6.07, 6.45) is 0. The highest BCUT2D eigenvalue weighted by molar-refractivity contribution is 6.35. The predicted octanol–water partition coefficient (Wildman–Crippen LogP) is 3.61. The minimum absolute atomic E-state index is 0.138. The van der Waals surface area contributed by atoms with Gasteiger partial charge < -0.3 is 5.43 Å². The molecule has 18 heavy (non-hydrogen) atoms. The van der Waals surface area contributed by atoms with E-state index in [1.54, 1.807) is 0 Å². The highest BCUT2D eigenvalue weighted by Gasteiger charge is 2.20. The van der Waals surface area contributed by atoms with Crippen molar-refractivity contribution in [1.29, 1.82) is 0 Å². The largest absolute Gasteiger partial charge is 0.308 e. The van der Waals surface area contributed by atoms with Crippen LogP contribution < -0.4 is 11.3 Å². The lowest BCUT2D eigenvalue weighted by Gasteiger charge is -2.22. The number of nitrogen functional groups attached to an aromatic ring is 1. The Labute approximate surface area is 110 Å². The van der Waals surface area contributed by atoms with Gasteiger partial charge in [-0.25, -0.2) is 15.2 Å². The summed E-state index contributed by atoms with van der Waals surface area (Å²) in [5, 5.41) is 1.08. The third-order valence-electron chi connectivity index (χ3n) is 2.79. The third-order valence-corrected chi connectivity index (χ3v) is 3.11. The lowest BCUT2D eigenvalue weighted by molar-refractivity contribution is 0.590. The molecule has 0 atom stereocenters. The Morgan fingerprint density at radius 2 is 1.94 bits per heavy atom. The molecule has 0 fully saturated rings. The zero-order chi connectivity index (χ0) is 13.5. The average molecular weight is 268 g/mol. The van der Waals surface area contributed by atoms with Gasteiger partial charge >= 0.3 is 0 Å². The van der Waals surface area contributed by atoms with Crippen LogP contribution >= 0.6 is 11.6 Å². The number of nitrogens with two attached hydrogens (primary N) is 1. The van der Waals surface area contributed by atoms with E-state index in [1.807, 2.05) is 26.8 Å². The van der Waals surface area contributed by atoms with Gasteiger partial charge in [-0.05, 0) is 17.5 Å². The van der Waals surface area contributed by atoms with Crippen molar-refractivity contribution in [3.63, 3.8) is 0 Å². The second kappa shape index (κ2) is 4.37. The summed E-state index contributed by atoms with van der Waals surface area (Å²) < 4.78 is 13.3. The van der Waals surface area contributed by atoms with E-state index in [4.69, 9.17) is 17.4 Å². The molecule has 0 spiro atoms. The molecule has 0 bridgehead atoms. The van der Waals surface area contributed by atoms with Crippen LogP contribution in [0.2, 0.25) is 5.02 Å². The number of hydrazine groups is 1. The summed E-state index contributed by atoms with van der Waals surface area (Å²) in [4.78, 5) is 4.32. The fourth-order valence-corrected chi connectivity index (χ4v) is 2.14. The molecule has 0 aliphatic carbocycles. The first kappa shape index (κ1) is 13.1. The molecule has 1 aromatic carbocycles. The van der Waals surface area contributed by atoms with Crippen molar-refractivity contribution < 1.29 is 4.39 Å². The van der Waals surface area contributed by atoms with Gasteiger partial charge in [-0.1, -0.05) is 32.4 Å². The molecular weight excluding hydrogens is 253 g/mol. The lowest BCUT2D eigenvalue weighted by atomic mass is 9.86. The Morgan fingerprint density at radius 1 is 1.28 bits per heavy atom. The Balaban J connectivity index is 2.82. The van der Waals surface area contributed by atoms with Crippen LogP contribution in [-0.4, -0.2) is 4.98 Å². The zero-order valence-corrected chi connectivity index (χ0v) is 11.3. The van der Waals surface area contributed by atoms with Crippen molar-refractivity contribution in [2.24, 2.45) is 5.84 Å². The first-order valence-corrected chi connectivity index (χ1v) is 5.97. The number of hydrogen-bond donors (Lipinski definition) is 2. The van der Waals surface area contributed by atoms with E-state index in [0.717, 1.165) is 10.9 Å². The maximum atomic E-state index is 13.3. The average Bonchev–Trinajstić information content (AvgIpc) is 2.25. The molecule has 3 N–H and O–H groups in total. The van der Waals surface area contributed by atoms with Crippen molar-refractivity contribution in [2.75, 3.05) is 5.43 Å². The van der Waals surface area contributed by atoms with E-state index in [-0.39, 0.29) is 5.41 Å². The summed E-state index contributed by atoms with van der Waals surface area (Å²) in [5.74, 6) is 5.60. The maximum Gasteiger partial charge on any atom is 0.144 e. The predicted molar refractivity (Wildman–Crippen MR) is 73.2 cm³/mol. The highest BCUT2D eigenvalue weighted by Crippen LogP contribution is 2.33. The van der Waals surface area contributed by atoms with Crippen molar-refractivity contribution >= 4 is 28.3 Å². The van der Waals surface area contributed by atoms with Crippen LogP contribution in [0.3, 0.4) is 0 Å². The van der Waals surface area contributed by atoms with Gasteiger partial charge in [0.1, 0.15) is 11.6 Å². The van der Waals surface area contributed by atoms with Crippen LogP contribution in [-0.2, 0) is 5.41 Å². The second-order valence-electron chi connectivity index (χ2n) is 5.23. The van der Waals surface area contributed by atoms with Crippen LogP contribution in [0.25, 0.3) is 10.9 Å². The Hall–Kier alpha value is -1.39. The maximum absolute atomic E-state index is 13.3. The molecule has 5 heteroatoms. The topological polar surface area (TPSA) is 50.9 Å². The molecule has 0 aliphatic rings. The summed E-state index contributed by atoms with van der Waals surface area (Å²) >= 11 is 6.05. The molecule has 0 saturated heterocycles. The molecule has 0 amide bonds. The summed E-state index contributed by atoms with van der Waals surface area (Å²) in [6.45, 7) is 6.15. The van der Waals surface area contributed by atoms with E-state index >= 15 is 0 Å². The molecular formula is C13H15ClFN3. The molecule has 1 heterocycles. The quantitative estimate of drug-likeness (QED) is 0.613. The molecule has 0 radical (unpaired) electrons. The van der Waals surface area contributed by atoms with Crippen LogP contribution in [0.1, 0.15) is 26.3 Å². The minimum atomic E-state index is -0.411. The third kappa shape index (κ3) is 2.26. The van der Waals surface area contributed by atoms with E-state index in [0.29, 0.717) is 16.4 Å². The van der Waals surface area contributed by atoms with Gasteiger partial charge in [-0.3, -0.25) is 0 Å². The monoisotopic (exact) mass is 267 g/mol. The van der Waals surface area contributed by atoms with Crippen LogP contribution in [0.15, 0.2) is 18.2 Å². The van der Waals surface area contributed by atoms with E-state index < -0.39 is 5.82 Å². The zero-order valence-electron chi connectivity index (χ0n) is 10.5. The van der Waals surface area contributed by atoms with Crippen molar-refractivity contribution in [1.82, 2.24) is 4.98 Å². The number of halogens is 2. The summed E-state index contributed by atoms with van der Waals surface area (Å²) in [5.41, 5.74) is 3.84. The Kier molecular flexibility index (Phi) is 3.17. The summed E-state index contributed by atoms with van der Waals surface area (Å²) in [6, 6.07) is 4.53. The number of fused-ring (bicyclic) bond motifs is 1. The second-order valence-corrected chi connectivity index (χ2v) is 5.64. The normalized spacial score (nSPS) is 11.9. The minimum Gasteiger partial charge on any atom is -0.308 e.